The standard InChI is InChI=1S/C22H25N3O4/c1-4-29-22(28)18-13(2)10-16-19(14(18)3)21(27)25-24-20(16)17(26)12-23-11-15-8-6-5-7-9-15/h5-10,17,23,26H,4,11-12H2,1-3H3,(H,25,27). The third-order valence-electron chi connectivity index (χ3n) is 4.86. The van der Waals surface area contributed by atoms with Crippen molar-refractivity contribution in [3.8, 4) is 0 Å². The minimum Gasteiger partial charge on any atom is -0.462 e. The lowest BCUT2D eigenvalue weighted by atomic mass is 9.94. The molecule has 1 aromatic heterocycles. The molecule has 0 radical (unpaired) electrons. The first kappa shape index (κ1) is 20.7. The summed E-state index contributed by atoms with van der Waals surface area (Å²) < 4.78 is 5.13. The number of ether oxygens (including phenoxy) is 1. The van der Waals surface area contributed by atoms with Crippen LogP contribution in [0.3, 0.4) is 0 Å². The molecule has 1 unspecified atom stereocenters. The summed E-state index contributed by atoms with van der Waals surface area (Å²) in [7, 11) is 0. The Morgan fingerprint density at radius 2 is 2.00 bits per heavy atom. The van der Waals surface area contributed by atoms with Gasteiger partial charge in [0.05, 0.1) is 23.3 Å². The minimum absolute atomic E-state index is 0.250. The van der Waals surface area contributed by atoms with Crippen molar-refractivity contribution in [2.24, 2.45) is 0 Å². The maximum atomic E-state index is 12.4. The number of nitrogens with zero attached hydrogens (tertiary/aromatic N) is 1. The molecule has 2 aromatic carbocycles. The zero-order chi connectivity index (χ0) is 21.0. The van der Waals surface area contributed by atoms with E-state index in [2.05, 4.69) is 15.5 Å². The van der Waals surface area contributed by atoms with Crippen molar-refractivity contribution in [1.29, 1.82) is 0 Å². The number of fused-ring (bicyclic) bond motifs is 1. The van der Waals surface area contributed by atoms with E-state index in [1.54, 1.807) is 26.8 Å². The molecule has 0 aliphatic carbocycles. The smallest absolute Gasteiger partial charge is 0.338 e. The summed E-state index contributed by atoms with van der Waals surface area (Å²) >= 11 is 0. The number of benzene rings is 2. The molecular weight excluding hydrogens is 370 g/mol. The first-order chi connectivity index (χ1) is 13.9. The van der Waals surface area contributed by atoms with Crippen molar-refractivity contribution >= 4 is 16.7 Å². The van der Waals surface area contributed by atoms with E-state index in [4.69, 9.17) is 4.74 Å². The van der Waals surface area contributed by atoms with Crippen molar-refractivity contribution < 1.29 is 14.6 Å². The Balaban J connectivity index is 1.93. The molecule has 152 valence electrons. The van der Waals surface area contributed by atoms with Crippen LogP contribution in [0.25, 0.3) is 10.8 Å². The van der Waals surface area contributed by atoms with Gasteiger partial charge in [-0.25, -0.2) is 9.89 Å². The van der Waals surface area contributed by atoms with Crippen LogP contribution in [0.15, 0.2) is 41.2 Å². The number of hydrogen-bond acceptors (Lipinski definition) is 6. The quantitative estimate of drug-likeness (QED) is 0.531. The molecule has 7 heteroatoms. The fourth-order valence-electron chi connectivity index (χ4n) is 3.52. The second-order valence-corrected chi connectivity index (χ2v) is 6.91. The maximum Gasteiger partial charge on any atom is 0.338 e. The predicted molar refractivity (Wildman–Crippen MR) is 111 cm³/mol. The minimum atomic E-state index is -0.926. The van der Waals surface area contributed by atoms with Crippen LogP contribution < -0.4 is 10.9 Å². The number of aliphatic hydroxyl groups is 1. The van der Waals surface area contributed by atoms with E-state index in [1.165, 1.54) is 0 Å². The lowest BCUT2D eigenvalue weighted by molar-refractivity contribution is 0.0525. The number of carbonyl (C=O) groups is 1. The Bertz CT molecular complexity index is 1080. The molecule has 0 fully saturated rings. The molecule has 3 rings (SSSR count). The highest BCUT2D eigenvalue weighted by molar-refractivity contribution is 6.00. The van der Waals surface area contributed by atoms with Gasteiger partial charge in [-0.2, -0.15) is 5.10 Å². The fourth-order valence-corrected chi connectivity index (χ4v) is 3.52. The van der Waals surface area contributed by atoms with Gasteiger partial charge in [-0.3, -0.25) is 4.79 Å². The van der Waals surface area contributed by atoms with Crippen molar-refractivity contribution in [3.05, 3.63) is 74.7 Å². The molecule has 1 atom stereocenters. The Labute approximate surface area is 168 Å². The van der Waals surface area contributed by atoms with E-state index in [0.29, 0.717) is 39.7 Å². The summed E-state index contributed by atoms with van der Waals surface area (Å²) in [5.41, 5.74) is 2.63. The predicted octanol–water partition coefficient (Wildman–Crippen LogP) is 2.54. The van der Waals surface area contributed by atoms with E-state index in [-0.39, 0.29) is 13.2 Å². The highest BCUT2D eigenvalue weighted by atomic mass is 16.5. The van der Waals surface area contributed by atoms with Crippen LogP contribution in [-0.2, 0) is 11.3 Å². The number of hydrogen-bond donors (Lipinski definition) is 3. The Hall–Kier alpha value is -3.03. The lowest BCUT2D eigenvalue weighted by Crippen LogP contribution is -2.24. The summed E-state index contributed by atoms with van der Waals surface area (Å²) in [5.74, 6) is -0.466. The van der Waals surface area contributed by atoms with Crippen molar-refractivity contribution in [2.45, 2.75) is 33.4 Å². The van der Waals surface area contributed by atoms with E-state index in [9.17, 15) is 14.7 Å². The number of aromatic nitrogens is 2. The number of nitrogens with one attached hydrogen (secondary N) is 2. The number of esters is 1. The molecule has 7 nitrogen and oxygen atoms in total. The van der Waals surface area contributed by atoms with Crippen molar-refractivity contribution in [2.75, 3.05) is 13.2 Å². The van der Waals surface area contributed by atoms with Crippen molar-refractivity contribution in [3.63, 3.8) is 0 Å². The SMILES string of the molecule is CCOC(=O)c1c(C)cc2c(C(O)CNCc3ccccc3)n[nH]c(=O)c2c1C. The third kappa shape index (κ3) is 4.36. The van der Waals surface area contributed by atoms with Crippen LogP contribution >= 0.6 is 0 Å². The van der Waals surface area contributed by atoms with Crippen LogP contribution in [0.5, 0.6) is 0 Å². The number of carbonyl (C=O) groups excluding carboxylic acids is 1. The van der Waals surface area contributed by atoms with E-state index < -0.39 is 17.6 Å². The van der Waals surface area contributed by atoms with E-state index in [1.807, 2.05) is 30.3 Å². The topological polar surface area (TPSA) is 104 Å². The number of H-pyrrole nitrogens is 1. The second-order valence-electron chi connectivity index (χ2n) is 6.91. The Kier molecular flexibility index (Phi) is 6.41. The molecule has 0 spiro atoms. The van der Waals surface area contributed by atoms with E-state index >= 15 is 0 Å². The van der Waals surface area contributed by atoms with Gasteiger partial charge in [0.2, 0.25) is 0 Å². The summed E-state index contributed by atoms with van der Waals surface area (Å²) in [5, 5.41) is 21.3. The van der Waals surface area contributed by atoms with Crippen LogP contribution in [0.4, 0.5) is 0 Å². The van der Waals surface area contributed by atoms with Gasteiger partial charge in [-0.1, -0.05) is 30.3 Å². The number of aryl methyl sites for hydroxylation is 2. The first-order valence-electron chi connectivity index (χ1n) is 9.56. The van der Waals surface area contributed by atoms with Gasteiger partial charge in [-0.05, 0) is 43.5 Å². The average Bonchev–Trinajstić information content (AvgIpc) is 2.68. The van der Waals surface area contributed by atoms with Crippen LogP contribution in [0.2, 0.25) is 0 Å². The van der Waals surface area contributed by atoms with E-state index in [0.717, 1.165) is 5.56 Å². The Morgan fingerprint density at radius 3 is 2.69 bits per heavy atom. The number of aromatic amines is 1. The van der Waals surface area contributed by atoms with Gasteiger partial charge in [0.15, 0.2) is 0 Å². The van der Waals surface area contributed by atoms with Crippen LogP contribution in [0, 0.1) is 13.8 Å². The molecule has 0 bridgehead atoms. The Morgan fingerprint density at radius 1 is 1.28 bits per heavy atom. The zero-order valence-corrected chi connectivity index (χ0v) is 16.8. The van der Waals surface area contributed by atoms with Gasteiger partial charge in [0, 0.05) is 18.5 Å². The van der Waals surface area contributed by atoms with Gasteiger partial charge < -0.3 is 15.2 Å². The molecule has 0 aliphatic heterocycles. The van der Waals surface area contributed by atoms with Crippen molar-refractivity contribution in [1.82, 2.24) is 15.5 Å². The summed E-state index contributed by atoms with van der Waals surface area (Å²) in [4.78, 5) is 24.8. The molecule has 3 aromatic rings. The molecule has 3 N–H and O–H groups in total. The summed E-state index contributed by atoms with van der Waals surface area (Å²) in [6.07, 6.45) is -0.926. The maximum absolute atomic E-state index is 12.4. The summed E-state index contributed by atoms with van der Waals surface area (Å²) in [6.45, 7) is 6.34. The first-order valence-corrected chi connectivity index (χ1v) is 9.56. The third-order valence-corrected chi connectivity index (χ3v) is 4.86. The molecule has 0 amide bonds. The normalized spacial score (nSPS) is 12.1. The second kappa shape index (κ2) is 8.98. The number of aliphatic hydroxyl groups excluding tert-OH is 1. The fraction of sp³-hybridized carbons (Fsp3) is 0.318. The molecule has 29 heavy (non-hydrogen) atoms. The monoisotopic (exact) mass is 395 g/mol. The molecule has 1 heterocycles. The van der Waals surface area contributed by atoms with Crippen LogP contribution in [0.1, 0.15) is 45.8 Å². The van der Waals surface area contributed by atoms with Gasteiger partial charge >= 0.3 is 5.97 Å². The van der Waals surface area contributed by atoms with Gasteiger partial charge in [0.1, 0.15) is 6.10 Å². The number of rotatable bonds is 7. The highest BCUT2D eigenvalue weighted by Crippen LogP contribution is 2.27. The molecule has 0 saturated heterocycles. The average molecular weight is 395 g/mol. The molecule has 0 saturated carbocycles. The lowest BCUT2D eigenvalue weighted by Gasteiger charge is -2.16. The van der Waals surface area contributed by atoms with Crippen LogP contribution in [-0.4, -0.2) is 34.4 Å². The largest absolute Gasteiger partial charge is 0.462 e. The molecule has 0 aliphatic rings. The summed E-state index contributed by atoms with van der Waals surface area (Å²) in [6, 6.07) is 11.6. The van der Waals surface area contributed by atoms with Gasteiger partial charge in [0.25, 0.3) is 5.56 Å². The zero-order valence-electron chi connectivity index (χ0n) is 16.8. The van der Waals surface area contributed by atoms with Gasteiger partial charge in [-0.15, -0.1) is 0 Å². The highest BCUT2D eigenvalue weighted by Gasteiger charge is 2.22. The molecular formula is C22H25N3O4.